The van der Waals surface area contributed by atoms with Crippen molar-refractivity contribution in [2.45, 2.75) is 26.3 Å². The van der Waals surface area contributed by atoms with E-state index in [1.807, 2.05) is 44.2 Å². The van der Waals surface area contributed by atoms with Crippen LogP contribution < -0.4 is 29.9 Å². The molecule has 1 heterocycles. The number of carbonyl (C=O) groups excluding carboxylic acids is 2. The van der Waals surface area contributed by atoms with Crippen LogP contribution in [-0.2, 0) is 4.79 Å². The molecular formula is C30H35ClN4O4. The molecule has 3 aromatic rings. The molecule has 0 spiro atoms. The van der Waals surface area contributed by atoms with Gasteiger partial charge in [0.05, 0.1) is 18.4 Å². The maximum absolute atomic E-state index is 13.3. The highest BCUT2D eigenvalue weighted by molar-refractivity contribution is 6.30. The predicted octanol–water partition coefficient (Wildman–Crippen LogP) is 5.22. The molecule has 39 heavy (non-hydrogen) atoms. The first kappa shape index (κ1) is 28.1. The smallest absolute Gasteiger partial charge is 0.262 e. The highest BCUT2D eigenvalue weighted by Gasteiger charge is 2.24. The molecule has 0 saturated carbocycles. The molecule has 0 bridgehead atoms. The van der Waals surface area contributed by atoms with Crippen LogP contribution in [0.2, 0.25) is 5.02 Å². The number of rotatable bonds is 10. The van der Waals surface area contributed by atoms with Crippen LogP contribution in [0.1, 0.15) is 30.6 Å². The number of ether oxygens (including phenoxy) is 2. The van der Waals surface area contributed by atoms with E-state index < -0.39 is 0 Å². The summed E-state index contributed by atoms with van der Waals surface area (Å²) in [4.78, 5) is 30.4. The molecule has 1 saturated heterocycles. The van der Waals surface area contributed by atoms with Crippen molar-refractivity contribution in [3.63, 3.8) is 0 Å². The van der Waals surface area contributed by atoms with Crippen LogP contribution in [0.4, 0.5) is 17.1 Å². The van der Waals surface area contributed by atoms with Gasteiger partial charge in [-0.3, -0.25) is 9.59 Å². The number of methoxy groups -OCH3 is 1. The van der Waals surface area contributed by atoms with Crippen molar-refractivity contribution in [3.8, 4) is 11.5 Å². The van der Waals surface area contributed by atoms with Crippen molar-refractivity contribution in [2.75, 3.05) is 55.0 Å². The standard InChI is InChI=1S/C30H35ClN4O4/c1-4-21(2)32-30(37)25-19-23(33-29(36)20-39-24-12-9-22(31)10-13-24)11-14-26(25)34-15-17-35(18-16-34)27-7-5-6-8-28(27)38-3/h5-14,19,21H,4,15-18,20H2,1-3H3,(H,32,37)(H,33,36). The van der Waals surface area contributed by atoms with Gasteiger partial charge in [0.1, 0.15) is 11.5 Å². The third-order valence-electron chi connectivity index (χ3n) is 6.74. The van der Waals surface area contributed by atoms with Crippen molar-refractivity contribution in [3.05, 3.63) is 77.3 Å². The lowest BCUT2D eigenvalue weighted by Gasteiger charge is -2.38. The molecule has 0 radical (unpaired) electrons. The van der Waals surface area contributed by atoms with E-state index >= 15 is 0 Å². The summed E-state index contributed by atoms with van der Waals surface area (Å²) in [5.41, 5.74) is 2.96. The Morgan fingerprint density at radius 1 is 0.949 bits per heavy atom. The first-order chi connectivity index (χ1) is 18.9. The molecule has 0 aliphatic carbocycles. The summed E-state index contributed by atoms with van der Waals surface area (Å²) in [6, 6.07) is 20.3. The first-order valence-electron chi connectivity index (χ1n) is 13.1. The van der Waals surface area contributed by atoms with Crippen LogP contribution in [-0.4, -0.2) is 57.8 Å². The largest absolute Gasteiger partial charge is 0.495 e. The summed E-state index contributed by atoms with van der Waals surface area (Å²) in [6.07, 6.45) is 0.817. The fraction of sp³-hybridized carbons (Fsp3) is 0.333. The van der Waals surface area contributed by atoms with Gasteiger partial charge in [-0.1, -0.05) is 30.7 Å². The summed E-state index contributed by atoms with van der Waals surface area (Å²) >= 11 is 5.90. The zero-order valence-corrected chi connectivity index (χ0v) is 23.3. The van der Waals surface area contributed by atoms with Gasteiger partial charge >= 0.3 is 0 Å². The number of benzene rings is 3. The Morgan fingerprint density at radius 3 is 2.28 bits per heavy atom. The Hall–Kier alpha value is -3.91. The predicted molar refractivity (Wildman–Crippen MR) is 157 cm³/mol. The van der Waals surface area contributed by atoms with E-state index in [2.05, 4.69) is 26.5 Å². The van der Waals surface area contributed by atoms with Crippen molar-refractivity contribution < 1.29 is 19.1 Å². The summed E-state index contributed by atoms with van der Waals surface area (Å²) in [5.74, 6) is 0.905. The number of nitrogens with zero attached hydrogens (tertiary/aromatic N) is 2. The van der Waals surface area contributed by atoms with Crippen LogP contribution in [0.5, 0.6) is 11.5 Å². The first-order valence-corrected chi connectivity index (χ1v) is 13.5. The molecule has 3 aromatic carbocycles. The number of amides is 2. The average molecular weight is 551 g/mol. The fourth-order valence-electron chi connectivity index (χ4n) is 4.43. The SMILES string of the molecule is CCC(C)NC(=O)c1cc(NC(=O)COc2ccc(Cl)cc2)ccc1N1CCN(c2ccccc2OC)CC1. The van der Waals surface area contributed by atoms with Crippen molar-refractivity contribution in [1.82, 2.24) is 5.32 Å². The molecule has 4 rings (SSSR count). The Bertz CT molecular complexity index is 1280. The fourth-order valence-corrected chi connectivity index (χ4v) is 4.56. The monoisotopic (exact) mass is 550 g/mol. The number of anilines is 3. The molecule has 1 unspecified atom stereocenters. The zero-order valence-electron chi connectivity index (χ0n) is 22.6. The number of nitrogens with one attached hydrogen (secondary N) is 2. The third-order valence-corrected chi connectivity index (χ3v) is 7.00. The third kappa shape index (κ3) is 7.35. The van der Waals surface area contributed by atoms with Crippen molar-refractivity contribution in [2.24, 2.45) is 0 Å². The lowest BCUT2D eigenvalue weighted by atomic mass is 10.1. The maximum Gasteiger partial charge on any atom is 0.262 e. The van der Waals surface area contributed by atoms with Gasteiger partial charge in [0.25, 0.3) is 11.8 Å². The Kier molecular flexibility index (Phi) is 9.54. The Balaban J connectivity index is 1.47. The van der Waals surface area contributed by atoms with Gasteiger partial charge in [0.15, 0.2) is 6.61 Å². The van der Waals surface area contributed by atoms with E-state index in [9.17, 15) is 9.59 Å². The van der Waals surface area contributed by atoms with Crippen LogP contribution >= 0.6 is 11.6 Å². The van der Waals surface area contributed by atoms with E-state index in [4.69, 9.17) is 21.1 Å². The second-order valence-electron chi connectivity index (χ2n) is 9.45. The quantitative estimate of drug-likeness (QED) is 0.360. The molecule has 1 aliphatic heterocycles. The van der Waals surface area contributed by atoms with E-state index in [-0.39, 0.29) is 24.5 Å². The molecule has 2 N–H and O–H groups in total. The number of carbonyl (C=O) groups is 2. The molecule has 0 aromatic heterocycles. The number of hydrogen-bond donors (Lipinski definition) is 2. The van der Waals surface area contributed by atoms with E-state index in [0.29, 0.717) is 22.0 Å². The minimum Gasteiger partial charge on any atom is -0.495 e. The minimum absolute atomic E-state index is 0.0266. The van der Waals surface area contributed by atoms with Crippen LogP contribution in [0.15, 0.2) is 66.7 Å². The van der Waals surface area contributed by atoms with Gasteiger partial charge in [0, 0.05) is 48.6 Å². The average Bonchev–Trinajstić information content (AvgIpc) is 2.96. The van der Waals surface area contributed by atoms with Gasteiger partial charge in [-0.2, -0.15) is 0 Å². The van der Waals surface area contributed by atoms with Crippen LogP contribution in [0.3, 0.4) is 0 Å². The topological polar surface area (TPSA) is 83.1 Å². The Morgan fingerprint density at radius 2 is 1.62 bits per heavy atom. The summed E-state index contributed by atoms with van der Waals surface area (Å²) in [7, 11) is 1.68. The molecule has 1 fully saturated rings. The molecule has 1 atom stereocenters. The van der Waals surface area contributed by atoms with Crippen LogP contribution in [0, 0.1) is 0 Å². The van der Waals surface area contributed by atoms with Gasteiger partial charge in [-0.25, -0.2) is 0 Å². The van der Waals surface area contributed by atoms with Crippen molar-refractivity contribution >= 4 is 40.5 Å². The second kappa shape index (κ2) is 13.2. The lowest BCUT2D eigenvalue weighted by Crippen LogP contribution is -2.47. The number of halogens is 1. The molecule has 1 aliphatic rings. The molecule has 206 valence electrons. The highest BCUT2D eigenvalue weighted by atomic mass is 35.5. The van der Waals surface area contributed by atoms with Gasteiger partial charge < -0.3 is 29.9 Å². The normalized spacial score (nSPS) is 13.9. The zero-order chi connectivity index (χ0) is 27.8. The highest BCUT2D eigenvalue weighted by Crippen LogP contribution is 2.31. The number of piperazine rings is 1. The van der Waals surface area contributed by atoms with E-state index in [1.54, 1.807) is 37.4 Å². The Labute approximate surface area is 234 Å². The maximum atomic E-state index is 13.3. The number of para-hydroxylation sites is 2. The van der Waals surface area contributed by atoms with E-state index in [0.717, 1.165) is 49.7 Å². The number of hydrogen-bond acceptors (Lipinski definition) is 6. The summed E-state index contributed by atoms with van der Waals surface area (Å²) in [6.45, 7) is 6.89. The molecule has 9 heteroatoms. The van der Waals surface area contributed by atoms with E-state index in [1.165, 1.54) is 0 Å². The molecule has 2 amide bonds. The van der Waals surface area contributed by atoms with Crippen LogP contribution in [0.25, 0.3) is 0 Å². The molecule has 8 nitrogen and oxygen atoms in total. The summed E-state index contributed by atoms with van der Waals surface area (Å²) < 4.78 is 11.1. The lowest BCUT2D eigenvalue weighted by molar-refractivity contribution is -0.118. The summed E-state index contributed by atoms with van der Waals surface area (Å²) in [5, 5.41) is 6.51. The second-order valence-corrected chi connectivity index (χ2v) is 9.89. The minimum atomic E-state index is -0.323. The van der Waals surface area contributed by atoms with Gasteiger partial charge in [0.2, 0.25) is 0 Å². The molecular weight excluding hydrogens is 516 g/mol. The van der Waals surface area contributed by atoms with Gasteiger partial charge in [-0.15, -0.1) is 0 Å². The van der Waals surface area contributed by atoms with Gasteiger partial charge in [-0.05, 0) is 67.9 Å². The van der Waals surface area contributed by atoms with Crippen molar-refractivity contribution in [1.29, 1.82) is 0 Å².